The van der Waals surface area contributed by atoms with Crippen molar-refractivity contribution in [2.75, 3.05) is 25.2 Å². The van der Waals surface area contributed by atoms with Crippen LogP contribution in [0, 0.1) is 21.4 Å². The van der Waals surface area contributed by atoms with Gasteiger partial charge in [-0.1, -0.05) is 24.3 Å². The average molecular weight is 355 g/mol. The van der Waals surface area contributed by atoms with E-state index in [1.165, 1.54) is 30.2 Å². The molecule has 8 nitrogen and oxygen atoms in total. The molecule has 0 spiro atoms. The fourth-order valence-electron chi connectivity index (χ4n) is 2.34. The minimum absolute atomic E-state index is 0.00566. The van der Waals surface area contributed by atoms with Crippen molar-refractivity contribution in [3.05, 3.63) is 58.6 Å². The average Bonchev–Trinajstić information content (AvgIpc) is 2.67. The standard InChI is InChI=1S/C18H17N3O5/c1-25-16-9-4-2-7-14(16)20(12-6-11-19)18(22)13-26-17-10-5-3-8-15(17)21(23)24/h2-5,7-10H,6,12-13H2,1H3. The molecule has 0 aliphatic heterocycles. The molecule has 134 valence electrons. The fourth-order valence-corrected chi connectivity index (χ4v) is 2.34. The number of para-hydroxylation sites is 4. The highest BCUT2D eigenvalue weighted by Gasteiger charge is 2.21. The molecule has 0 bridgehead atoms. The van der Waals surface area contributed by atoms with Crippen molar-refractivity contribution < 1.29 is 19.2 Å². The first-order valence-corrected chi connectivity index (χ1v) is 7.75. The molecule has 2 aromatic carbocycles. The molecule has 2 rings (SSSR count). The van der Waals surface area contributed by atoms with Gasteiger partial charge in [-0.25, -0.2) is 0 Å². The third-order valence-electron chi connectivity index (χ3n) is 3.54. The van der Waals surface area contributed by atoms with E-state index >= 15 is 0 Å². The van der Waals surface area contributed by atoms with Gasteiger partial charge in [-0.3, -0.25) is 14.9 Å². The monoisotopic (exact) mass is 355 g/mol. The second kappa shape index (κ2) is 9.03. The molecule has 0 heterocycles. The number of nitro groups is 1. The number of carbonyl (C=O) groups excluding carboxylic acids is 1. The van der Waals surface area contributed by atoms with Gasteiger partial charge in [0.1, 0.15) is 5.75 Å². The molecule has 0 fully saturated rings. The van der Waals surface area contributed by atoms with Crippen LogP contribution in [0.2, 0.25) is 0 Å². The van der Waals surface area contributed by atoms with Gasteiger partial charge < -0.3 is 14.4 Å². The normalized spacial score (nSPS) is 9.85. The maximum absolute atomic E-state index is 12.6. The van der Waals surface area contributed by atoms with Crippen LogP contribution in [0.3, 0.4) is 0 Å². The lowest BCUT2D eigenvalue weighted by Crippen LogP contribution is -2.36. The van der Waals surface area contributed by atoms with Crippen LogP contribution in [0.15, 0.2) is 48.5 Å². The number of ether oxygens (including phenoxy) is 2. The van der Waals surface area contributed by atoms with Gasteiger partial charge in [-0.05, 0) is 18.2 Å². The molecule has 26 heavy (non-hydrogen) atoms. The Hall–Kier alpha value is -3.60. The van der Waals surface area contributed by atoms with Gasteiger partial charge in [-0.2, -0.15) is 5.26 Å². The zero-order chi connectivity index (χ0) is 18.9. The summed E-state index contributed by atoms with van der Waals surface area (Å²) in [6.45, 7) is -0.260. The Bertz CT molecular complexity index is 832. The summed E-state index contributed by atoms with van der Waals surface area (Å²) in [6, 6.07) is 14.7. The highest BCUT2D eigenvalue weighted by molar-refractivity contribution is 5.96. The first kappa shape index (κ1) is 18.7. The number of nitro benzene ring substituents is 1. The van der Waals surface area contributed by atoms with Crippen molar-refractivity contribution in [3.8, 4) is 17.6 Å². The molecule has 0 aliphatic carbocycles. The van der Waals surface area contributed by atoms with Gasteiger partial charge >= 0.3 is 5.69 Å². The summed E-state index contributed by atoms with van der Waals surface area (Å²) in [4.78, 5) is 24.5. The molecule has 0 unspecified atom stereocenters. The van der Waals surface area contributed by atoms with E-state index in [-0.39, 0.29) is 24.4 Å². The Balaban J connectivity index is 2.20. The highest BCUT2D eigenvalue weighted by Crippen LogP contribution is 2.29. The van der Waals surface area contributed by atoms with Crippen molar-refractivity contribution in [2.45, 2.75) is 6.42 Å². The quantitative estimate of drug-likeness (QED) is 0.532. The van der Waals surface area contributed by atoms with Crippen LogP contribution in [0.4, 0.5) is 11.4 Å². The Labute approximate surface area is 150 Å². The maximum Gasteiger partial charge on any atom is 0.310 e. The van der Waals surface area contributed by atoms with E-state index < -0.39 is 17.4 Å². The van der Waals surface area contributed by atoms with Crippen LogP contribution >= 0.6 is 0 Å². The van der Waals surface area contributed by atoms with E-state index in [1.54, 1.807) is 30.3 Å². The molecule has 0 saturated carbocycles. The van der Waals surface area contributed by atoms with Crippen molar-refractivity contribution in [1.82, 2.24) is 0 Å². The Morgan fingerprint density at radius 1 is 1.19 bits per heavy atom. The number of hydrogen-bond acceptors (Lipinski definition) is 6. The zero-order valence-electron chi connectivity index (χ0n) is 14.1. The van der Waals surface area contributed by atoms with E-state index in [2.05, 4.69) is 0 Å². The lowest BCUT2D eigenvalue weighted by atomic mass is 10.2. The van der Waals surface area contributed by atoms with Crippen LogP contribution in [-0.2, 0) is 4.79 Å². The van der Waals surface area contributed by atoms with E-state index in [4.69, 9.17) is 14.7 Å². The van der Waals surface area contributed by atoms with Crippen LogP contribution in [0.5, 0.6) is 11.5 Å². The molecule has 0 aliphatic rings. The van der Waals surface area contributed by atoms with Crippen molar-refractivity contribution in [3.63, 3.8) is 0 Å². The van der Waals surface area contributed by atoms with Crippen LogP contribution in [0.25, 0.3) is 0 Å². The van der Waals surface area contributed by atoms with Gasteiger partial charge in [0.25, 0.3) is 5.91 Å². The van der Waals surface area contributed by atoms with E-state index in [9.17, 15) is 14.9 Å². The summed E-state index contributed by atoms with van der Waals surface area (Å²) in [5.74, 6) is 0.0403. The van der Waals surface area contributed by atoms with Gasteiger partial charge in [0, 0.05) is 12.6 Å². The minimum Gasteiger partial charge on any atom is -0.495 e. The number of rotatable bonds is 8. The third kappa shape index (κ3) is 4.48. The molecule has 2 aromatic rings. The topological polar surface area (TPSA) is 106 Å². The molecule has 0 aromatic heterocycles. The molecule has 0 N–H and O–H groups in total. The van der Waals surface area contributed by atoms with Crippen molar-refractivity contribution in [1.29, 1.82) is 5.26 Å². The number of methoxy groups -OCH3 is 1. The summed E-state index contributed by atoms with van der Waals surface area (Å²) < 4.78 is 10.6. The predicted molar refractivity (Wildman–Crippen MR) is 94.2 cm³/mol. The maximum atomic E-state index is 12.6. The second-order valence-corrected chi connectivity index (χ2v) is 5.14. The molecule has 0 atom stereocenters. The highest BCUT2D eigenvalue weighted by atomic mass is 16.6. The molecule has 1 amide bonds. The minimum atomic E-state index is -0.576. The first-order valence-electron chi connectivity index (χ1n) is 7.75. The number of nitrogens with zero attached hydrogens (tertiary/aromatic N) is 3. The molecule has 8 heteroatoms. The van der Waals surface area contributed by atoms with Crippen LogP contribution in [0.1, 0.15) is 6.42 Å². The van der Waals surface area contributed by atoms with Gasteiger partial charge in [0.2, 0.25) is 0 Å². The van der Waals surface area contributed by atoms with Crippen molar-refractivity contribution >= 4 is 17.3 Å². The summed E-state index contributed by atoms with van der Waals surface area (Å²) in [6.07, 6.45) is 0.120. The Morgan fingerprint density at radius 2 is 1.85 bits per heavy atom. The summed E-state index contributed by atoms with van der Waals surface area (Å²) >= 11 is 0. The van der Waals surface area contributed by atoms with Gasteiger partial charge in [-0.15, -0.1) is 0 Å². The number of nitriles is 1. The molecular formula is C18H17N3O5. The number of anilines is 1. The first-order chi connectivity index (χ1) is 12.6. The lowest BCUT2D eigenvalue weighted by molar-refractivity contribution is -0.385. The number of carbonyl (C=O) groups is 1. The largest absolute Gasteiger partial charge is 0.495 e. The lowest BCUT2D eigenvalue weighted by Gasteiger charge is -2.23. The molecular weight excluding hydrogens is 338 g/mol. The Morgan fingerprint density at radius 3 is 2.50 bits per heavy atom. The Kier molecular flexibility index (Phi) is 6.51. The van der Waals surface area contributed by atoms with Gasteiger partial charge in [0.15, 0.2) is 12.4 Å². The summed E-state index contributed by atoms with van der Waals surface area (Å²) in [5.41, 5.74) is 0.280. The summed E-state index contributed by atoms with van der Waals surface area (Å²) in [7, 11) is 1.48. The van der Waals surface area contributed by atoms with Crippen LogP contribution in [-0.4, -0.2) is 31.1 Å². The molecule has 0 saturated heterocycles. The predicted octanol–water partition coefficient (Wildman–Crippen LogP) is 2.93. The van der Waals surface area contributed by atoms with E-state index in [1.807, 2.05) is 6.07 Å². The van der Waals surface area contributed by atoms with Gasteiger partial charge in [0.05, 0.1) is 30.2 Å². The zero-order valence-corrected chi connectivity index (χ0v) is 14.1. The SMILES string of the molecule is COc1ccccc1N(CCC#N)C(=O)COc1ccccc1[N+](=O)[O-]. The number of hydrogen-bond donors (Lipinski definition) is 0. The second-order valence-electron chi connectivity index (χ2n) is 5.14. The molecule has 0 radical (unpaired) electrons. The fraction of sp³-hybridized carbons (Fsp3) is 0.222. The van der Waals surface area contributed by atoms with E-state index in [0.29, 0.717) is 11.4 Å². The van der Waals surface area contributed by atoms with Crippen molar-refractivity contribution in [2.24, 2.45) is 0 Å². The summed E-state index contributed by atoms with van der Waals surface area (Å²) in [5, 5.41) is 19.9. The number of amides is 1. The van der Waals surface area contributed by atoms with E-state index in [0.717, 1.165) is 0 Å². The van der Waals surface area contributed by atoms with Crippen LogP contribution < -0.4 is 14.4 Å². The smallest absolute Gasteiger partial charge is 0.310 e. The number of benzene rings is 2. The third-order valence-corrected chi connectivity index (χ3v) is 3.54.